The molecule has 0 aliphatic heterocycles. The molecule has 0 bridgehead atoms. The number of hydrogen-bond donors (Lipinski definition) is 3. The third-order valence-electron chi connectivity index (χ3n) is 2.87. The molecule has 9 heteroatoms. The lowest BCUT2D eigenvalue weighted by Gasteiger charge is -2.15. The normalized spacial score (nSPS) is 11.6. The van der Waals surface area contributed by atoms with Gasteiger partial charge in [0, 0.05) is 32.2 Å². The molecule has 112 valence electrons. The van der Waals surface area contributed by atoms with E-state index in [1.54, 1.807) is 24.5 Å². The lowest BCUT2D eigenvalue weighted by Crippen LogP contribution is -2.30. The minimum atomic E-state index is -3.70. The molecule has 2 aromatic rings. The van der Waals surface area contributed by atoms with Crippen LogP contribution in [-0.2, 0) is 16.6 Å². The van der Waals surface area contributed by atoms with Gasteiger partial charge in [-0.25, -0.2) is 14.3 Å². The van der Waals surface area contributed by atoms with Gasteiger partial charge in [-0.1, -0.05) is 6.07 Å². The van der Waals surface area contributed by atoms with Crippen LogP contribution in [0.2, 0.25) is 0 Å². The molecule has 0 radical (unpaired) electrons. The Labute approximate surface area is 122 Å². The fraction of sp³-hybridized carbons (Fsp3) is 0.167. The third-order valence-corrected chi connectivity index (χ3v) is 4.65. The number of amides is 1. The van der Waals surface area contributed by atoms with Crippen molar-refractivity contribution in [2.75, 3.05) is 7.05 Å². The molecule has 0 unspecified atom stereocenters. The average molecular weight is 309 g/mol. The summed E-state index contributed by atoms with van der Waals surface area (Å²) in [4.78, 5) is 17.8. The first-order valence-electron chi connectivity index (χ1n) is 5.99. The van der Waals surface area contributed by atoms with Gasteiger partial charge in [0.15, 0.2) is 0 Å². The molecule has 1 amide bonds. The molecule has 0 fully saturated rings. The quantitative estimate of drug-likeness (QED) is 0.402. The van der Waals surface area contributed by atoms with E-state index in [9.17, 15) is 13.2 Å². The molecular weight excluding hydrogens is 294 g/mol. The van der Waals surface area contributed by atoms with Gasteiger partial charge >= 0.3 is 0 Å². The van der Waals surface area contributed by atoms with Gasteiger partial charge < -0.3 is 4.98 Å². The van der Waals surface area contributed by atoms with Crippen LogP contribution in [0.1, 0.15) is 16.1 Å². The zero-order valence-corrected chi connectivity index (χ0v) is 12.1. The van der Waals surface area contributed by atoms with Crippen molar-refractivity contribution >= 4 is 15.9 Å². The smallest absolute Gasteiger partial charge is 0.281 e. The summed E-state index contributed by atoms with van der Waals surface area (Å²) in [5, 5.41) is 0. The minimum Gasteiger partial charge on any atom is -0.356 e. The Kier molecular flexibility index (Phi) is 4.36. The molecule has 0 aliphatic rings. The first-order valence-corrected chi connectivity index (χ1v) is 7.44. The van der Waals surface area contributed by atoms with Crippen molar-refractivity contribution in [2.24, 2.45) is 5.84 Å². The lowest BCUT2D eigenvalue weighted by molar-refractivity contribution is 0.0949. The highest BCUT2D eigenvalue weighted by Gasteiger charge is 2.23. The van der Waals surface area contributed by atoms with Crippen LogP contribution < -0.4 is 11.3 Å². The summed E-state index contributed by atoms with van der Waals surface area (Å²) in [5.74, 6) is 4.41. The molecule has 0 aliphatic carbocycles. The van der Waals surface area contributed by atoms with Crippen LogP contribution in [0.5, 0.6) is 0 Å². The number of sulfonamides is 1. The first-order chi connectivity index (χ1) is 9.95. The summed E-state index contributed by atoms with van der Waals surface area (Å²) in [5.41, 5.74) is 2.77. The molecule has 0 spiro atoms. The average Bonchev–Trinajstić information content (AvgIpc) is 2.98. The van der Waals surface area contributed by atoms with Crippen molar-refractivity contribution in [1.82, 2.24) is 19.7 Å². The number of hydrazine groups is 1. The van der Waals surface area contributed by atoms with Gasteiger partial charge in [0.05, 0.1) is 0 Å². The van der Waals surface area contributed by atoms with Crippen LogP contribution in [0.25, 0.3) is 0 Å². The maximum atomic E-state index is 12.4. The molecule has 2 heterocycles. The van der Waals surface area contributed by atoms with Crippen molar-refractivity contribution < 1.29 is 13.2 Å². The molecule has 4 N–H and O–H groups in total. The highest BCUT2D eigenvalue weighted by atomic mass is 32.2. The van der Waals surface area contributed by atoms with E-state index >= 15 is 0 Å². The molecule has 2 rings (SSSR count). The van der Waals surface area contributed by atoms with Crippen molar-refractivity contribution in [3.05, 3.63) is 48.0 Å². The van der Waals surface area contributed by atoms with Gasteiger partial charge in [0.2, 0.25) is 10.0 Å². The number of carbonyl (C=O) groups excluding carboxylic acids is 1. The summed E-state index contributed by atoms with van der Waals surface area (Å²) in [6, 6.07) is 4.75. The Bertz CT molecular complexity index is 726. The number of aromatic amines is 1. The van der Waals surface area contributed by atoms with E-state index in [1.807, 2.05) is 5.43 Å². The van der Waals surface area contributed by atoms with Gasteiger partial charge in [0.25, 0.3) is 5.91 Å². The Balaban J connectivity index is 2.21. The molecule has 2 aromatic heterocycles. The van der Waals surface area contributed by atoms with Gasteiger partial charge in [-0.05, 0) is 17.7 Å². The third kappa shape index (κ3) is 3.27. The summed E-state index contributed by atoms with van der Waals surface area (Å²) in [7, 11) is -2.25. The van der Waals surface area contributed by atoms with Crippen LogP contribution in [0.4, 0.5) is 0 Å². The second kappa shape index (κ2) is 6.04. The Hall–Kier alpha value is -2.23. The highest BCUT2D eigenvalue weighted by Crippen LogP contribution is 2.17. The number of aromatic nitrogens is 2. The second-order valence-corrected chi connectivity index (χ2v) is 6.39. The van der Waals surface area contributed by atoms with Crippen molar-refractivity contribution in [3.63, 3.8) is 0 Å². The van der Waals surface area contributed by atoms with Gasteiger partial charge in [-0.3, -0.25) is 15.2 Å². The van der Waals surface area contributed by atoms with Gasteiger partial charge in [0.1, 0.15) is 10.6 Å². The Morgan fingerprint density at radius 1 is 1.52 bits per heavy atom. The predicted octanol–water partition coefficient (Wildman–Crippen LogP) is -0.166. The van der Waals surface area contributed by atoms with Crippen molar-refractivity contribution in [2.45, 2.75) is 11.4 Å². The van der Waals surface area contributed by atoms with E-state index in [2.05, 4.69) is 9.97 Å². The fourth-order valence-electron chi connectivity index (χ4n) is 1.75. The number of rotatable bonds is 5. The lowest BCUT2D eigenvalue weighted by atomic mass is 10.3. The standard InChI is InChI=1S/C12H15N5O3S/c1-17(8-9-3-2-4-14-6-9)21(19,20)10-5-11(15-7-10)12(18)16-13/h2-7,15H,8,13H2,1H3,(H,16,18). The number of nitrogen functional groups attached to an aromatic ring is 1. The Morgan fingerprint density at radius 2 is 2.29 bits per heavy atom. The van der Waals surface area contributed by atoms with Crippen LogP contribution in [0.3, 0.4) is 0 Å². The minimum absolute atomic E-state index is 0.00695. The van der Waals surface area contributed by atoms with Crippen LogP contribution in [0, 0.1) is 0 Å². The molecule has 0 atom stereocenters. The van der Waals surface area contributed by atoms with Crippen molar-refractivity contribution in [3.8, 4) is 0 Å². The number of H-pyrrole nitrogens is 1. The molecule has 21 heavy (non-hydrogen) atoms. The highest BCUT2D eigenvalue weighted by molar-refractivity contribution is 7.89. The molecule has 0 saturated heterocycles. The Morgan fingerprint density at radius 3 is 2.90 bits per heavy atom. The van der Waals surface area contributed by atoms with Gasteiger partial charge in [-0.2, -0.15) is 4.31 Å². The van der Waals surface area contributed by atoms with E-state index in [0.29, 0.717) is 0 Å². The maximum absolute atomic E-state index is 12.4. The number of carbonyl (C=O) groups is 1. The number of pyridine rings is 1. The second-order valence-electron chi connectivity index (χ2n) is 4.34. The molecule has 0 aromatic carbocycles. The van der Waals surface area contributed by atoms with E-state index in [4.69, 9.17) is 5.84 Å². The first kappa shape index (κ1) is 15.2. The SMILES string of the molecule is CN(Cc1cccnc1)S(=O)(=O)c1c[nH]c(C(=O)NN)c1. The van der Waals surface area contributed by atoms with E-state index in [0.717, 1.165) is 5.56 Å². The number of hydrogen-bond acceptors (Lipinski definition) is 5. The molecular formula is C12H15N5O3S. The maximum Gasteiger partial charge on any atom is 0.281 e. The topological polar surface area (TPSA) is 121 Å². The summed E-state index contributed by atoms with van der Waals surface area (Å²) < 4.78 is 25.9. The fourth-order valence-corrected chi connectivity index (χ4v) is 2.90. The zero-order chi connectivity index (χ0) is 15.5. The molecule has 0 saturated carbocycles. The number of nitrogens with zero attached hydrogens (tertiary/aromatic N) is 2. The van der Waals surface area contributed by atoms with E-state index in [-0.39, 0.29) is 17.1 Å². The predicted molar refractivity (Wildman–Crippen MR) is 75.3 cm³/mol. The van der Waals surface area contributed by atoms with Crippen LogP contribution in [-0.4, -0.2) is 35.6 Å². The summed E-state index contributed by atoms with van der Waals surface area (Å²) in [6.07, 6.45) is 4.46. The van der Waals surface area contributed by atoms with E-state index in [1.165, 1.54) is 23.6 Å². The monoisotopic (exact) mass is 309 g/mol. The summed E-state index contributed by atoms with van der Waals surface area (Å²) >= 11 is 0. The summed E-state index contributed by atoms with van der Waals surface area (Å²) in [6.45, 7) is 0.180. The van der Waals surface area contributed by atoms with E-state index < -0.39 is 15.9 Å². The molecule has 8 nitrogen and oxygen atoms in total. The largest absolute Gasteiger partial charge is 0.356 e. The van der Waals surface area contributed by atoms with Crippen LogP contribution in [0.15, 0.2) is 41.7 Å². The number of nitrogens with two attached hydrogens (primary N) is 1. The van der Waals surface area contributed by atoms with Gasteiger partial charge in [-0.15, -0.1) is 0 Å². The van der Waals surface area contributed by atoms with Crippen LogP contribution >= 0.6 is 0 Å². The zero-order valence-electron chi connectivity index (χ0n) is 11.3. The van der Waals surface area contributed by atoms with Crippen molar-refractivity contribution in [1.29, 1.82) is 0 Å². The number of nitrogens with one attached hydrogen (secondary N) is 2.